The number of thiophene rings is 1. The zero-order valence-corrected chi connectivity index (χ0v) is 41.4. The van der Waals surface area contributed by atoms with E-state index in [-0.39, 0.29) is 0 Å². The van der Waals surface area contributed by atoms with Crippen LogP contribution in [0.5, 0.6) is 0 Å². The van der Waals surface area contributed by atoms with E-state index in [0.717, 1.165) is 88.5 Å². The quantitative estimate of drug-likeness (QED) is 0.159. The highest BCUT2D eigenvalue weighted by Gasteiger charge is 2.22. The lowest BCUT2D eigenvalue weighted by atomic mass is 9.94. The van der Waals surface area contributed by atoms with Crippen molar-refractivity contribution in [1.29, 1.82) is 0 Å². The first-order valence-electron chi connectivity index (χ1n) is 25.5. The fourth-order valence-corrected chi connectivity index (χ4v) is 12.7. The Labute approximate surface area is 439 Å². The number of aromatic nitrogens is 4. The maximum atomic E-state index is 6.68. The largest absolute Gasteiger partial charge is 0.456 e. The SMILES string of the molecule is c1ccc(-c2nc(-c3ccc(-c4cccc5c4oc4ccccc45)cc3)nc(-c3cccc4oc5ccc(-c6cc(-c7ccc8c(c7)c7ccccc7n8-c7ccccc7)c7sc8ccccc8c7c6)cc5c34)n2)cc1. The average Bonchev–Trinajstić information content (AvgIpc) is 4.31. The van der Waals surface area contributed by atoms with Crippen LogP contribution in [0.3, 0.4) is 0 Å². The van der Waals surface area contributed by atoms with Crippen LogP contribution in [0.4, 0.5) is 0 Å². The Morgan fingerprint density at radius 3 is 1.76 bits per heavy atom. The standard InChI is InChI=1S/C69H40N4O2S/c1-3-15-42(16-4-1)67-70-68(43-31-29-41(30-32-43)48-22-13-23-52-50-20-8-11-26-60(50)75-65(48)52)72-69(71-67)53-24-14-27-62-64(53)57-37-44(34-36-61(57)74-62)46-39-54(66-56(40-46)51-21-9-12-28-63(51)76-66)45-33-35-59-55(38-45)49-19-7-10-25-58(49)73(59)47-17-5-2-6-18-47/h1-40H. The predicted molar refractivity (Wildman–Crippen MR) is 314 cm³/mol. The maximum absolute atomic E-state index is 6.68. The lowest BCUT2D eigenvalue weighted by molar-refractivity contribution is 0.669. The van der Waals surface area contributed by atoms with Crippen molar-refractivity contribution in [2.45, 2.75) is 0 Å². The van der Waals surface area contributed by atoms with Crippen LogP contribution in [-0.2, 0) is 0 Å². The van der Waals surface area contributed by atoms with Crippen molar-refractivity contribution >= 4 is 97.2 Å². The van der Waals surface area contributed by atoms with Gasteiger partial charge in [0.25, 0.3) is 0 Å². The van der Waals surface area contributed by atoms with Gasteiger partial charge in [0.1, 0.15) is 22.3 Å². The summed E-state index contributed by atoms with van der Waals surface area (Å²) in [5.74, 6) is 1.74. The molecule has 5 aromatic heterocycles. The molecule has 5 heterocycles. The highest BCUT2D eigenvalue weighted by atomic mass is 32.1. The van der Waals surface area contributed by atoms with Gasteiger partial charge in [-0.15, -0.1) is 11.3 Å². The summed E-state index contributed by atoms with van der Waals surface area (Å²) in [6, 6.07) is 85.7. The summed E-state index contributed by atoms with van der Waals surface area (Å²) in [4.78, 5) is 15.6. The molecule has 0 atom stereocenters. The second kappa shape index (κ2) is 16.8. The van der Waals surface area contributed by atoms with Crippen molar-refractivity contribution in [2.24, 2.45) is 0 Å². The highest BCUT2D eigenvalue weighted by molar-refractivity contribution is 7.26. The number of furan rings is 2. The molecule has 0 N–H and O–H groups in total. The molecule has 0 fully saturated rings. The molecule has 0 aliphatic carbocycles. The predicted octanol–water partition coefficient (Wildman–Crippen LogP) is 19.1. The van der Waals surface area contributed by atoms with Crippen molar-refractivity contribution < 1.29 is 8.83 Å². The molecule has 16 aromatic rings. The van der Waals surface area contributed by atoms with E-state index < -0.39 is 0 Å². The van der Waals surface area contributed by atoms with Crippen LogP contribution >= 0.6 is 11.3 Å². The summed E-state index contributed by atoms with van der Waals surface area (Å²) < 4.78 is 18.0. The van der Waals surface area contributed by atoms with E-state index in [0.29, 0.717) is 17.5 Å². The molecular weight excluding hydrogens is 949 g/mol. The van der Waals surface area contributed by atoms with Crippen LogP contribution in [0.1, 0.15) is 0 Å². The van der Waals surface area contributed by atoms with Crippen LogP contribution in [0.2, 0.25) is 0 Å². The van der Waals surface area contributed by atoms with Crippen LogP contribution in [0, 0.1) is 0 Å². The Hall–Kier alpha value is -9.95. The van der Waals surface area contributed by atoms with E-state index in [9.17, 15) is 0 Å². The van der Waals surface area contributed by atoms with Crippen molar-refractivity contribution in [1.82, 2.24) is 19.5 Å². The molecule has 0 aliphatic rings. The number of nitrogens with zero attached hydrogens (tertiary/aromatic N) is 4. The molecule has 16 rings (SSSR count). The Morgan fingerprint density at radius 2 is 0.908 bits per heavy atom. The highest BCUT2D eigenvalue weighted by Crippen LogP contribution is 2.46. The molecule has 11 aromatic carbocycles. The summed E-state index contributed by atoms with van der Waals surface area (Å²) in [6.45, 7) is 0. The zero-order chi connectivity index (χ0) is 49.8. The Kier molecular flexibility index (Phi) is 9.40. The molecular formula is C69H40N4O2S. The normalized spacial score (nSPS) is 11.9. The summed E-state index contributed by atoms with van der Waals surface area (Å²) in [5, 5.41) is 9.09. The zero-order valence-electron chi connectivity index (χ0n) is 40.6. The number of fused-ring (bicyclic) bond motifs is 12. The fourth-order valence-electron chi connectivity index (χ4n) is 11.5. The summed E-state index contributed by atoms with van der Waals surface area (Å²) in [6.07, 6.45) is 0. The number of para-hydroxylation sites is 4. The smallest absolute Gasteiger partial charge is 0.164 e. The van der Waals surface area contributed by atoms with Gasteiger partial charge in [0.15, 0.2) is 17.5 Å². The third-order valence-corrected chi connectivity index (χ3v) is 16.3. The van der Waals surface area contributed by atoms with Gasteiger partial charge in [0, 0.05) is 86.0 Å². The van der Waals surface area contributed by atoms with Gasteiger partial charge in [-0.1, -0.05) is 170 Å². The topological polar surface area (TPSA) is 69.9 Å². The first-order chi connectivity index (χ1) is 37.6. The van der Waals surface area contributed by atoms with Crippen LogP contribution in [0.15, 0.2) is 251 Å². The molecule has 0 saturated heterocycles. The lowest BCUT2D eigenvalue weighted by Gasteiger charge is -2.11. The molecule has 6 nitrogen and oxygen atoms in total. The van der Waals surface area contributed by atoms with E-state index in [1.165, 1.54) is 53.1 Å². The van der Waals surface area contributed by atoms with Crippen LogP contribution < -0.4 is 0 Å². The van der Waals surface area contributed by atoms with Gasteiger partial charge in [-0.2, -0.15) is 0 Å². The Morgan fingerprint density at radius 1 is 0.316 bits per heavy atom. The van der Waals surface area contributed by atoms with E-state index in [4.69, 9.17) is 23.8 Å². The first-order valence-corrected chi connectivity index (χ1v) is 26.3. The molecule has 0 unspecified atom stereocenters. The Balaban J connectivity index is 0.846. The maximum Gasteiger partial charge on any atom is 0.164 e. The second-order valence-electron chi connectivity index (χ2n) is 19.4. The molecule has 7 heteroatoms. The van der Waals surface area contributed by atoms with Gasteiger partial charge in [0.05, 0.1) is 11.0 Å². The van der Waals surface area contributed by atoms with Crippen molar-refractivity contribution in [3.63, 3.8) is 0 Å². The second-order valence-corrected chi connectivity index (χ2v) is 20.5. The average molecular weight is 989 g/mol. The lowest BCUT2D eigenvalue weighted by Crippen LogP contribution is -2.00. The minimum absolute atomic E-state index is 0.566. The number of hydrogen-bond donors (Lipinski definition) is 0. The molecule has 76 heavy (non-hydrogen) atoms. The molecule has 0 aliphatic heterocycles. The third-order valence-electron chi connectivity index (χ3n) is 15.1. The van der Waals surface area contributed by atoms with Gasteiger partial charge in [-0.3, -0.25) is 0 Å². The summed E-state index contributed by atoms with van der Waals surface area (Å²) >= 11 is 1.86. The first kappa shape index (κ1) is 42.5. The number of benzene rings is 11. The van der Waals surface area contributed by atoms with Gasteiger partial charge < -0.3 is 13.4 Å². The van der Waals surface area contributed by atoms with Gasteiger partial charge >= 0.3 is 0 Å². The van der Waals surface area contributed by atoms with E-state index in [1.54, 1.807) is 0 Å². The molecule has 0 spiro atoms. The van der Waals surface area contributed by atoms with Gasteiger partial charge in [0.2, 0.25) is 0 Å². The molecule has 0 radical (unpaired) electrons. The van der Waals surface area contributed by atoms with E-state index >= 15 is 0 Å². The van der Waals surface area contributed by atoms with E-state index in [2.05, 4.69) is 193 Å². The summed E-state index contributed by atoms with van der Waals surface area (Å²) in [5.41, 5.74) is 16.1. The monoisotopic (exact) mass is 988 g/mol. The van der Waals surface area contributed by atoms with Gasteiger partial charge in [-0.25, -0.2) is 15.0 Å². The fraction of sp³-hybridized carbons (Fsp3) is 0. The van der Waals surface area contributed by atoms with E-state index in [1.807, 2.05) is 65.9 Å². The minimum Gasteiger partial charge on any atom is -0.456 e. The van der Waals surface area contributed by atoms with Crippen molar-refractivity contribution in [3.05, 3.63) is 243 Å². The molecule has 0 amide bonds. The minimum atomic E-state index is 0.566. The van der Waals surface area contributed by atoms with Crippen LogP contribution in [-0.4, -0.2) is 19.5 Å². The van der Waals surface area contributed by atoms with Crippen LogP contribution in [0.25, 0.3) is 159 Å². The molecule has 0 bridgehead atoms. The molecule has 0 saturated carbocycles. The third kappa shape index (κ3) is 6.69. The number of rotatable bonds is 7. The van der Waals surface area contributed by atoms with Crippen molar-refractivity contribution in [2.75, 3.05) is 0 Å². The molecule has 354 valence electrons. The Bertz CT molecular complexity index is 4990. The summed E-state index contributed by atoms with van der Waals surface area (Å²) in [7, 11) is 0. The number of hydrogen-bond acceptors (Lipinski definition) is 6. The van der Waals surface area contributed by atoms with Crippen molar-refractivity contribution in [3.8, 4) is 73.2 Å². The van der Waals surface area contributed by atoms with Gasteiger partial charge in [-0.05, 0) is 95.1 Å².